The number of hydrogen-bond acceptors (Lipinski definition) is 6. The van der Waals surface area contributed by atoms with Crippen LogP contribution in [0.1, 0.15) is 10.4 Å². The third-order valence-corrected chi connectivity index (χ3v) is 6.30. The molecule has 0 spiro atoms. The number of rotatable bonds is 6. The molecule has 0 bridgehead atoms. The zero-order chi connectivity index (χ0) is 18.7. The maximum Gasteiger partial charge on any atom is 0.252 e. The number of carbonyl (C=O) groups is 1. The quantitative estimate of drug-likeness (QED) is 0.736. The molecule has 2 aromatic rings. The van der Waals surface area contributed by atoms with E-state index in [1.165, 1.54) is 24.7 Å². The van der Waals surface area contributed by atoms with Crippen molar-refractivity contribution in [3.63, 3.8) is 0 Å². The first-order valence-corrected chi connectivity index (χ1v) is 9.73. The minimum atomic E-state index is -3.38. The fourth-order valence-electron chi connectivity index (χ4n) is 2.81. The molecular weight excluding hydrogens is 358 g/mol. The summed E-state index contributed by atoms with van der Waals surface area (Å²) in [5, 5.41) is 9.46. The van der Waals surface area contributed by atoms with Crippen LogP contribution < -0.4 is 5.32 Å². The lowest BCUT2D eigenvalue weighted by atomic mass is 10.0. The SMILES string of the molecule is CN(C)S(=O)(=O)C[C@@H]1COC[C@@H]1NC(=O)c1ccccc1-c1ncn[nH]1. The Kier molecular flexibility index (Phi) is 5.35. The first-order valence-electron chi connectivity index (χ1n) is 8.12. The van der Waals surface area contributed by atoms with E-state index < -0.39 is 10.0 Å². The number of benzene rings is 1. The average Bonchev–Trinajstić information content (AvgIpc) is 3.27. The highest BCUT2D eigenvalue weighted by molar-refractivity contribution is 7.89. The van der Waals surface area contributed by atoms with Crippen LogP contribution in [0.25, 0.3) is 11.4 Å². The molecule has 1 fully saturated rings. The molecule has 0 radical (unpaired) electrons. The molecule has 2 atom stereocenters. The van der Waals surface area contributed by atoms with Gasteiger partial charge in [-0.15, -0.1) is 0 Å². The maximum atomic E-state index is 12.8. The molecule has 1 aromatic carbocycles. The van der Waals surface area contributed by atoms with Crippen molar-refractivity contribution in [2.24, 2.45) is 5.92 Å². The van der Waals surface area contributed by atoms with E-state index >= 15 is 0 Å². The molecule has 0 saturated carbocycles. The lowest BCUT2D eigenvalue weighted by Crippen LogP contribution is -2.43. The Balaban J connectivity index is 1.76. The van der Waals surface area contributed by atoms with Gasteiger partial charge in [0.2, 0.25) is 10.0 Å². The van der Waals surface area contributed by atoms with E-state index in [-0.39, 0.29) is 30.2 Å². The number of ether oxygens (including phenoxy) is 1. The molecule has 1 amide bonds. The lowest BCUT2D eigenvalue weighted by molar-refractivity contribution is 0.0926. The van der Waals surface area contributed by atoms with Crippen molar-refractivity contribution in [1.29, 1.82) is 0 Å². The minimum Gasteiger partial charge on any atom is -0.379 e. The highest BCUT2D eigenvalue weighted by Crippen LogP contribution is 2.21. The van der Waals surface area contributed by atoms with Gasteiger partial charge in [-0.2, -0.15) is 5.10 Å². The van der Waals surface area contributed by atoms with E-state index in [2.05, 4.69) is 20.5 Å². The second-order valence-corrected chi connectivity index (χ2v) is 8.55. The number of nitrogens with one attached hydrogen (secondary N) is 2. The van der Waals surface area contributed by atoms with Crippen LogP contribution >= 0.6 is 0 Å². The van der Waals surface area contributed by atoms with Crippen LogP contribution in [-0.4, -0.2) is 72.9 Å². The Bertz CT molecular complexity index is 867. The zero-order valence-electron chi connectivity index (χ0n) is 14.5. The van der Waals surface area contributed by atoms with E-state index in [1.54, 1.807) is 24.3 Å². The van der Waals surface area contributed by atoms with Gasteiger partial charge < -0.3 is 10.1 Å². The molecule has 2 heterocycles. The van der Waals surface area contributed by atoms with Gasteiger partial charge in [-0.3, -0.25) is 9.89 Å². The average molecular weight is 379 g/mol. The molecular formula is C16H21N5O4S. The van der Waals surface area contributed by atoms with Crippen LogP contribution in [0.2, 0.25) is 0 Å². The molecule has 1 aliphatic rings. The Morgan fingerprint density at radius 1 is 1.35 bits per heavy atom. The van der Waals surface area contributed by atoms with Crippen molar-refractivity contribution in [2.45, 2.75) is 6.04 Å². The largest absolute Gasteiger partial charge is 0.379 e. The van der Waals surface area contributed by atoms with Crippen molar-refractivity contribution in [3.8, 4) is 11.4 Å². The number of carbonyl (C=O) groups excluding carboxylic acids is 1. The van der Waals surface area contributed by atoms with E-state index in [0.717, 1.165) is 0 Å². The van der Waals surface area contributed by atoms with Crippen LogP contribution in [-0.2, 0) is 14.8 Å². The predicted molar refractivity (Wildman–Crippen MR) is 94.9 cm³/mol. The summed E-state index contributed by atoms with van der Waals surface area (Å²) >= 11 is 0. The first kappa shape index (κ1) is 18.5. The third-order valence-electron chi connectivity index (χ3n) is 4.34. The fourth-order valence-corrected chi connectivity index (χ4v) is 3.98. The summed E-state index contributed by atoms with van der Waals surface area (Å²) in [7, 11) is -0.395. The molecule has 1 saturated heterocycles. The van der Waals surface area contributed by atoms with Gasteiger partial charge in [0, 0.05) is 25.6 Å². The summed E-state index contributed by atoms with van der Waals surface area (Å²) < 4.78 is 30.9. The second-order valence-electron chi connectivity index (χ2n) is 6.32. The van der Waals surface area contributed by atoms with Crippen LogP contribution in [0.15, 0.2) is 30.6 Å². The molecule has 10 heteroatoms. The van der Waals surface area contributed by atoms with Gasteiger partial charge in [0.25, 0.3) is 5.91 Å². The third kappa shape index (κ3) is 3.92. The van der Waals surface area contributed by atoms with Gasteiger partial charge in [-0.05, 0) is 6.07 Å². The Morgan fingerprint density at radius 3 is 2.81 bits per heavy atom. The van der Waals surface area contributed by atoms with Crippen molar-refractivity contribution in [2.75, 3.05) is 33.1 Å². The van der Waals surface area contributed by atoms with Crippen LogP contribution in [0.5, 0.6) is 0 Å². The number of aromatic nitrogens is 3. The summed E-state index contributed by atoms with van der Waals surface area (Å²) in [6, 6.07) is 6.65. The number of nitrogens with zero attached hydrogens (tertiary/aromatic N) is 3. The number of amides is 1. The summed E-state index contributed by atoms with van der Waals surface area (Å²) in [4.78, 5) is 16.9. The number of hydrogen-bond donors (Lipinski definition) is 2. The van der Waals surface area contributed by atoms with Crippen molar-refractivity contribution >= 4 is 15.9 Å². The molecule has 0 aliphatic carbocycles. The molecule has 2 N–H and O–H groups in total. The summed E-state index contributed by atoms with van der Waals surface area (Å²) in [6.07, 6.45) is 1.37. The smallest absolute Gasteiger partial charge is 0.252 e. The van der Waals surface area contributed by atoms with Gasteiger partial charge in [0.1, 0.15) is 6.33 Å². The normalized spacial score (nSPS) is 20.4. The summed E-state index contributed by atoms with van der Waals surface area (Å²) in [6.45, 7) is 0.575. The number of aromatic amines is 1. The zero-order valence-corrected chi connectivity index (χ0v) is 15.4. The highest BCUT2D eigenvalue weighted by atomic mass is 32.2. The monoisotopic (exact) mass is 379 g/mol. The highest BCUT2D eigenvalue weighted by Gasteiger charge is 2.34. The van der Waals surface area contributed by atoms with E-state index in [9.17, 15) is 13.2 Å². The molecule has 140 valence electrons. The van der Waals surface area contributed by atoms with E-state index in [1.807, 2.05) is 0 Å². The summed E-state index contributed by atoms with van der Waals surface area (Å²) in [5.74, 6) is -0.192. The molecule has 26 heavy (non-hydrogen) atoms. The van der Waals surface area contributed by atoms with E-state index in [4.69, 9.17) is 4.74 Å². The standard InChI is InChI=1S/C16H21N5O4S/c1-21(2)26(23,24)9-11-7-25-8-14(11)19-16(22)13-6-4-3-5-12(13)15-17-10-18-20-15/h3-6,10-11,14H,7-9H2,1-2H3,(H,19,22)(H,17,18,20)/t11-,14-/m0/s1. The second kappa shape index (κ2) is 7.52. The predicted octanol–water partition coefficient (Wildman–Crippen LogP) is 0.108. The van der Waals surface area contributed by atoms with Gasteiger partial charge in [-0.1, -0.05) is 18.2 Å². The molecule has 9 nitrogen and oxygen atoms in total. The number of sulfonamides is 1. The lowest BCUT2D eigenvalue weighted by Gasteiger charge is -2.21. The van der Waals surface area contributed by atoms with Gasteiger partial charge >= 0.3 is 0 Å². The molecule has 1 aromatic heterocycles. The first-order chi connectivity index (χ1) is 12.4. The van der Waals surface area contributed by atoms with Crippen LogP contribution in [0.4, 0.5) is 0 Å². The molecule has 3 rings (SSSR count). The van der Waals surface area contributed by atoms with Crippen LogP contribution in [0, 0.1) is 5.92 Å². The number of H-pyrrole nitrogens is 1. The van der Waals surface area contributed by atoms with Crippen molar-refractivity contribution in [1.82, 2.24) is 24.8 Å². The van der Waals surface area contributed by atoms with Crippen molar-refractivity contribution < 1.29 is 17.9 Å². The molecule has 1 aliphatic heterocycles. The fraction of sp³-hybridized carbons (Fsp3) is 0.438. The van der Waals surface area contributed by atoms with E-state index in [0.29, 0.717) is 23.6 Å². The maximum absolute atomic E-state index is 12.8. The molecule has 0 unspecified atom stereocenters. The van der Waals surface area contributed by atoms with Gasteiger partial charge in [0.15, 0.2) is 5.82 Å². The van der Waals surface area contributed by atoms with Crippen LogP contribution in [0.3, 0.4) is 0 Å². The summed E-state index contributed by atoms with van der Waals surface area (Å²) in [5.41, 5.74) is 1.06. The minimum absolute atomic E-state index is 0.0747. The Morgan fingerprint density at radius 2 is 2.12 bits per heavy atom. The Labute approximate surface area is 151 Å². The topological polar surface area (TPSA) is 117 Å². The van der Waals surface area contributed by atoms with Gasteiger partial charge in [0.05, 0.1) is 30.6 Å². The van der Waals surface area contributed by atoms with Crippen molar-refractivity contribution in [3.05, 3.63) is 36.2 Å². The Hall–Kier alpha value is -2.30. The van der Waals surface area contributed by atoms with Gasteiger partial charge in [-0.25, -0.2) is 17.7 Å².